The van der Waals surface area contributed by atoms with E-state index in [0.29, 0.717) is 17.2 Å². The number of fused-ring (bicyclic) bond motifs is 1. The van der Waals surface area contributed by atoms with E-state index in [1.165, 1.54) is 12.5 Å². The Morgan fingerprint density at radius 2 is 2.16 bits per heavy atom. The van der Waals surface area contributed by atoms with Crippen molar-refractivity contribution in [3.05, 3.63) is 34.8 Å². The van der Waals surface area contributed by atoms with Crippen molar-refractivity contribution in [2.75, 3.05) is 0 Å². The summed E-state index contributed by atoms with van der Waals surface area (Å²) in [6.07, 6.45) is 4.39. The molecule has 2 aromatic rings. The highest BCUT2D eigenvalue weighted by Crippen LogP contribution is 2.39. The minimum atomic E-state index is -0.225. The van der Waals surface area contributed by atoms with Crippen molar-refractivity contribution >= 4 is 10.9 Å². The molecule has 2 nitrogen and oxygen atoms in total. The summed E-state index contributed by atoms with van der Waals surface area (Å²) in [4.78, 5) is 0. The summed E-state index contributed by atoms with van der Waals surface area (Å²) in [6.45, 7) is 3.85. The second kappa shape index (κ2) is 4.38. The van der Waals surface area contributed by atoms with Gasteiger partial charge in [-0.1, -0.05) is 6.92 Å². The maximum Gasteiger partial charge on any atom is 0.126 e. The molecule has 3 heteroatoms. The average Bonchev–Trinajstić information content (AvgIpc) is 2.62. The Labute approximate surface area is 112 Å². The molecule has 19 heavy (non-hydrogen) atoms. The molecule has 1 aromatic carbocycles. The van der Waals surface area contributed by atoms with E-state index in [1.54, 1.807) is 6.92 Å². The first-order valence-electron chi connectivity index (χ1n) is 6.90. The fraction of sp³-hybridized carbons (Fsp3) is 0.438. The van der Waals surface area contributed by atoms with Crippen LogP contribution < -0.4 is 0 Å². The molecule has 0 aliphatic heterocycles. The van der Waals surface area contributed by atoms with Gasteiger partial charge in [0.15, 0.2) is 0 Å². The Balaban J connectivity index is 2.38. The predicted octanol–water partition coefficient (Wildman–Crippen LogP) is 4.25. The second-order valence-corrected chi connectivity index (χ2v) is 5.36. The molecule has 1 aromatic heterocycles. The fourth-order valence-electron chi connectivity index (χ4n) is 3.02. The molecular weight excluding hydrogens is 239 g/mol. The van der Waals surface area contributed by atoms with Gasteiger partial charge in [0, 0.05) is 17.1 Å². The number of rotatable bonds is 2. The Morgan fingerprint density at radius 1 is 1.42 bits per heavy atom. The van der Waals surface area contributed by atoms with E-state index in [-0.39, 0.29) is 5.82 Å². The van der Waals surface area contributed by atoms with Gasteiger partial charge in [-0.2, -0.15) is 5.26 Å². The Morgan fingerprint density at radius 3 is 2.68 bits per heavy atom. The van der Waals surface area contributed by atoms with Gasteiger partial charge in [0.1, 0.15) is 11.9 Å². The monoisotopic (exact) mass is 256 g/mol. The van der Waals surface area contributed by atoms with Gasteiger partial charge in [0.25, 0.3) is 0 Å². The van der Waals surface area contributed by atoms with E-state index in [1.807, 2.05) is 6.07 Å². The topological polar surface area (TPSA) is 28.7 Å². The van der Waals surface area contributed by atoms with Crippen LogP contribution in [0.2, 0.25) is 0 Å². The second-order valence-electron chi connectivity index (χ2n) is 5.36. The smallest absolute Gasteiger partial charge is 0.126 e. The van der Waals surface area contributed by atoms with Crippen LogP contribution in [-0.4, -0.2) is 4.57 Å². The highest BCUT2D eigenvalue weighted by molar-refractivity contribution is 5.89. The zero-order valence-electron chi connectivity index (χ0n) is 11.3. The van der Waals surface area contributed by atoms with Crippen LogP contribution in [0.15, 0.2) is 12.1 Å². The molecule has 0 radical (unpaired) electrons. The van der Waals surface area contributed by atoms with Gasteiger partial charge in [-0.3, -0.25) is 0 Å². The minimum absolute atomic E-state index is 0.225. The number of hydrogen-bond donors (Lipinski definition) is 0. The highest BCUT2D eigenvalue weighted by atomic mass is 19.1. The number of aryl methyl sites for hydroxylation is 1. The molecule has 98 valence electrons. The van der Waals surface area contributed by atoms with Gasteiger partial charge in [0.05, 0.1) is 11.1 Å². The predicted molar refractivity (Wildman–Crippen MR) is 73.6 cm³/mol. The number of nitriles is 1. The van der Waals surface area contributed by atoms with Gasteiger partial charge in [-0.05, 0) is 50.3 Å². The Hall–Kier alpha value is -1.82. The van der Waals surface area contributed by atoms with E-state index < -0.39 is 0 Å². The molecule has 1 heterocycles. The van der Waals surface area contributed by atoms with Crippen LogP contribution in [0.4, 0.5) is 4.39 Å². The zero-order valence-corrected chi connectivity index (χ0v) is 11.3. The molecule has 1 saturated carbocycles. The molecule has 0 amide bonds. The van der Waals surface area contributed by atoms with E-state index in [9.17, 15) is 9.65 Å². The molecule has 1 aliphatic rings. The number of hydrogen-bond acceptors (Lipinski definition) is 1. The SMILES string of the molecule is CCc1c(C#N)c2cc(F)c(C)cc2n1C1CCC1. The molecule has 0 atom stereocenters. The lowest BCUT2D eigenvalue weighted by Crippen LogP contribution is -2.19. The first-order chi connectivity index (χ1) is 9.17. The largest absolute Gasteiger partial charge is 0.340 e. The minimum Gasteiger partial charge on any atom is -0.340 e. The normalized spacial score (nSPS) is 15.5. The first-order valence-corrected chi connectivity index (χ1v) is 6.90. The number of benzene rings is 1. The maximum atomic E-state index is 13.8. The van der Waals surface area contributed by atoms with Crippen LogP contribution in [0.5, 0.6) is 0 Å². The summed E-state index contributed by atoms with van der Waals surface area (Å²) >= 11 is 0. The van der Waals surface area contributed by atoms with Gasteiger partial charge < -0.3 is 4.57 Å². The quantitative estimate of drug-likeness (QED) is 0.789. The van der Waals surface area contributed by atoms with Crippen molar-refractivity contribution < 1.29 is 4.39 Å². The summed E-state index contributed by atoms with van der Waals surface area (Å²) in [5.74, 6) is -0.225. The van der Waals surface area contributed by atoms with Crippen LogP contribution in [-0.2, 0) is 6.42 Å². The van der Waals surface area contributed by atoms with Gasteiger partial charge in [-0.15, -0.1) is 0 Å². The summed E-state index contributed by atoms with van der Waals surface area (Å²) < 4.78 is 16.1. The Kier molecular flexibility index (Phi) is 2.82. The van der Waals surface area contributed by atoms with Gasteiger partial charge in [-0.25, -0.2) is 4.39 Å². The molecule has 1 aliphatic carbocycles. The van der Waals surface area contributed by atoms with Crippen molar-refractivity contribution in [3.63, 3.8) is 0 Å². The van der Waals surface area contributed by atoms with Crippen LogP contribution in [0.1, 0.15) is 49.0 Å². The van der Waals surface area contributed by atoms with Gasteiger partial charge >= 0.3 is 0 Å². The summed E-state index contributed by atoms with van der Waals surface area (Å²) in [5.41, 5.74) is 3.39. The molecule has 0 bridgehead atoms. The molecular formula is C16H17FN2. The third-order valence-corrected chi connectivity index (χ3v) is 4.27. The highest BCUT2D eigenvalue weighted by Gasteiger charge is 2.26. The fourth-order valence-corrected chi connectivity index (χ4v) is 3.02. The summed E-state index contributed by atoms with van der Waals surface area (Å²) in [6, 6.07) is 6.18. The third-order valence-electron chi connectivity index (χ3n) is 4.27. The standard InChI is InChI=1S/C16H17FN2/c1-3-15-13(9-18)12-8-14(17)10(2)7-16(12)19(15)11-5-4-6-11/h7-8,11H,3-6H2,1-2H3. The van der Waals surface area contributed by atoms with Crippen LogP contribution in [0.25, 0.3) is 10.9 Å². The van der Waals surface area contributed by atoms with Crippen molar-refractivity contribution in [2.45, 2.75) is 45.6 Å². The lowest BCUT2D eigenvalue weighted by Gasteiger charge is -2.30. The molecule has 0 spiro atoms. The van der Waals surface area contributed by atoms with Crippen LogP contribution >= 0.6 is 0 Å². The Bertz CT molecular complexity index is 687. The van der Waals surface area contributed by atoms with Crippen LogP contribution in [0, 0.1) is 24.1 Å². The number of halogens is 1. The molecule has 0 unspecified atom stereocenters. The van der Waals surface area contributed by atoms with E-state index in [4.69, 9.17) is 0 Å². The van der Waals surface area contributed by atoms with Gasteiger partial charge in [0.2, 0.25) is 0 Å². The van der Waals surface area contributed by atoms with Crippen molar-refractivity contribution in [1.29, 1.82) is 5.26 Å². The summed E-state index contributed by atoms with van der Waals surface area (Å²) in [5, 5.41) is 10.2. The third kappa shape index (κ3) is 1.67. The summed E-state index contributed by atoms with van der Waals surface area (Å²) in [7, 11) is 0. The maximum absolute atomic E-state index is 13.8. The first kappa shape index (κ1) is 12.2. The molecule has 0 saturated heterocycles. The van der Waals surface area contributed by atoms with Crippen LogP contribution in [0.3, 0.4) is 0 Å². The zero-order chi connectivity index (χ0) is 13.6. The number of nitrogens with zero attached hydrogens (tertiary/aromatic N) is 2. The van der Waals surface area contributed by atoms with E-state index in [0.717, 1.165) is 35.9 Å². The van der Waals surface area contributed by atoms with E-state index in [2.05, 4.69) is 17.6 Å². The molecule has 3 rings (SSSR count). The lowest BCUT2D eigenvalue weighted by atomic mass is 9.92. The number of aromatic nitrogens is 1. The van der Waals surface area contributed by atoms with Crippen molar-refractivity contribution in [1.82, 2.24) is 4.57 Å². The average molecular weight is 256 g/mol. The van der Waals surface area contributed by atoms with E-state index >= 15 is 0 Å². The lowest BCUT2D eigenvalue weighted by molar-refractivity contribution is 0.315. The molecule has 1 fully saturated rings. The van der Waals surface area contributed by atoms with Crippen molar-refractivity contribution in [2.24, 2.45) is 0 Å². The van der Waals surface area contributed by atoms with Crippen molar-refractivity contribution in [3.8, 4) is 6.07 Å². The molecule has 0 N–H and O–H groups in total.